The summed E-state index contributed by atoms with van der Waals surface area (Å²) >= 11 is 0. The van der Waals surface area contributed by atoms with Gasteiger partial charge < -0.3 is 4.57 Å². The van der Waals surface area contributed by atoms with Gasteiger partial charge in [-0.2, -0.15) is 4.31 Å². The molecule has 0 unspecified atom stereocenters. The molecular formula is C26H36N2O3S. The average Bonchev–Trinajstić information content (AvgIpc) is 3.39. The van der Waals surface area contributed by atoms with Gasteiger partial charge in [-0.1, -0.05) is 37.5 Å². The Bertz CT molecular complexity index is 1090. The molecule has 2 aliphatic rings. The number of nitrogens with zero attached hydrogens (tertiary/aromatic N) is 2. The van der Waals surface area contributed by atoms with Gasteiger partial charge in [-0.25, -0.2) is 8.42 Å². The van der Waals surface area contributed by atoms with Gasteiger partial charge in [-0.05, 0) is 75.1 Å². The van der Waals surface area contributed by atoms with Gasteiger partial charge in [0.2, 0.25) is 10.0 Å². The molecule has 1 aliphatic heterocycles. The second-order valence-electron chi connectivity index (χ2n) is 9.59. The van der Waals surface area contributed by atoms with E-state index < -0.39 is 10.0 Å². The van der Waals surface area contributed by atoms with Crippen molar-refractivity contribution in [1.29, 1.82) is 0 Å². The average molecular weight is 457 g/mol. The Kier molecular flexibility index (Phi) is 6.91. The fourth-order valence-corrected chi connectivity index (χ4v) is 7.46. The molecule has 0 N–H and O–H groups in total. The van der Waals surface area contributed by atoms with Gasteiger partial charge in [0.1, 0.15) is 5.78 Å². The predicted octanol–water partition coefficient (Wildman–Crippen LogP) is 5.12. The Morgan fingerprint density at radius 1 is 1.00 bits per heavy atom. The molecule has 0 amide bonds. The summed E-state index contributed by atoms with van der Waals surface area (Å²) in [5.74, 6) is 0.642. The molecule has 1 saturated carbocycles. The largest absolute Gasteiger partial charge is 0.341 e. The fraction of sp³-hybridized carbons (Fsp3) is 0.577. The third kappa shape index (κ3) is 4.44. The van der Waals surface area contributed by atoms with Crippen molar-refractivity contribution in [3.63, 3.8) is 0 Å². The molecule has 0 spiro atoms. The lowest BCUT2D eigenvalue weighted by molar-refractivity contribution is -0.117. The van der Waals surface area contributed by atoms with Crippen molar-refractivity contribution in [2.24, 2.45) is 0 Å². The Balaban J connectivity index is 1.76. The van der Waals surface area contributed by atoms with Crippen LogP contribution in [0.25, 0.3) is 0 Å². The van der Waals surface area contributed by atoms with Crippen LogP contribution in [0.5, 0.6) is 0 Å². The Morgan fingerprint density at radius 3 is 2.31 bits per heavy atom. The van der Waals surface area contributed by atoms with Crippen LogP contribution in [0, 0.1) is 13.8 Å². The zero-order valence-corrected chi connectivity index (χ0v) is 20.5. The van der Waals surface area contributed by atoms with Crippen molar-refractivity contribution in [3.8, 4) is 0 Å². The summed E-state index contributed by atoms with van der Waals surface area (Å²) in [5, 5.41) is 0. The van der Waals surface area contributed by atoms with E-state index in [1.165, 1.54) is 48.9 Å². The number of rotatable bonds is 7. The SMILES string of the molecule is CC(=O)Cn1c(C)c(Cc2ccccc2S(=O)(=O)N2CCCC2)c(C)c1C1CCCCC1. The highest BCUT2D eigenvalue weighted by atomic mass is 32.2. The minimum Gasteiger partial charge on any atom is -0.341 e. The number of carbonyl (C=O) groups is 1. The van der Waals surface area contributed by atoms with Gasteiger partial charge >= 0.3 is 0 Å². The van der Waals surface area contributed by atoms with Crippen LogP contribution in [0.3, 0.4) is 0 Å². The van der Waals surface area contributed by atoms with Crippen molar-refractivity contribution in [2.45, 2.75) is 89.5 Å². The van der Waals surface area contributed by atoms with Crippen LogP contribution in [0.4, 0.5) is 0 Å². The molecule has 2 heterocycles. The second-order valence-corrected chi connectivity index (χ2v) is 11.5. The maximum Gasteiger partial charge on any atom is 0.243 e. The topological polar surface area (TPSA) is 59.4 Å². The quantitative estimate of drug-likeness (QED) is 0.581. The normalized spacial score (nSPS) is 18.3. The molecule has 1 aliphatic carbocycles. The number of Topliss-reactive ketones (excluding diaryl/α,β-unsaturated/α-hetero) is 1. The molecule has 2 fully saturated rings. The highest BCUT2D eigenvalue weighted by molar-refractivity contribution is 7.89. The van der Waals surface area contributed by atoms with Gasteiger partial charge in [0.25, 0.3) is 0 Å². The lowest BCUT2D eigenvalue weighted by Gasteiger charge is -2.24. The maximum absolute atomic E-state index is 13.4. The van der Waals surface area contributed by atoms with E-state index >= 15 is 0 Å². The third-order valence-electron chi connectivity index (χ3n) is 7.36. The van der Waals surface area contributed by atoms with Gasteiger partial charge in [-0.3, -0.25) is 4.79 Å². The highest BCUT2D eigenvalue weighted by Crippen LogP contribution is 2.39. The van der Waals surface area contributed by atoms with Gasteiger partial charge in [-0.15, -0.1) is 0 Å². The van der Waals surface area contributed by atoms with Gasteiger partial charge in [0.05, 0.1) is 11.4 Å². The zero-order chi connectivity index (χ0) is 22.9. The summed E-state index contributed by atoms with van der Waals surface area (Å²) in [6, 6.07) is 7.45. The van der Waals surface area contributed by atoms with E-state index in [2.05, 4.69) is 18.4 Å². The van der Waals surface area contributed by atoms with Crippen molar-refractivity contribution >= 4 is 15.8 Å². The molecule has 0 bridgehead atoms. The molecule has 4 rings (SSSR count). The number of aromatic nitrogens is 1. The highest BCUT2D eigenvalue weighted by Gasteiger charge is 2.30. The lowest BCUT2D eigenvalue weighted by Crippen LogP contribution is -2.28. The van der Waals surface area contributed by atoms with E-state index in [0.717, 1.165) is 24.1 Å². The van der Waals surface area contributed by atoms with E-state index in [1.807, 2.05) is 18.2 Å². The maximum atomic E-state index is 13.4. The molecule has 2 aromatic rings. The number of carbonyl (C=O) groups excluding carboxylic acids is 1. The summed E-state index contributed by atoms with van der Waals surface area (Å²) < 4.78 is 30.6. The van der Waals surface area contributed by atoms with E-state index in [1.54, 1.807) is 17.3 Å². The van der Waals surface area contributed by atoms with Crippen LogP contribution >= 0.6 is 0 Å². The number of hydrogen-bond acceptors (Lipinski definition) is 3. The number of hydrogen-bond donors (Lipinski definition) is 0. The summed E-state index contributed by atoms with van der Waals surface area (Å²) in [7, 11) is -3.49. The number of benzene rings is 1. The van der Waals surface area contributed by atoms with Crippen LogP contribution in [-0.4, -0.2) is 36.2 Å². The van der Waals surface area contributed by atoms with Crippen molar-refractivity contribution in [1.82, 2.24) is 8.87 Å². The Hall–Kier alpha value is -1.92. The van der Waals surface area contributed by atoms with Crippen LogP contribution in [0.1, 0.15) is 85.9 Å². The second kappa shape index (κ2) is 9.52. The molecule has 1 aromatic carbocycles. The van der Waals surface area contributed by atoms with Gasteiger partial charge in [0.15, 0.2) is 0 Å². The molecule has 1 saturated heterocycles. The van der Waals surface area contributed by atoms with E-state index in [9.17, 15) is 13.2 Å². The molecule has 5 nitrogen and oxygen atoms in total. The minimum atomic E-state index is -3.49. The molecular weight excluding hydrogens is 420 g/mol. The Labute approximate surface area is 192 Å². The van der Waals surface area contributed by atoms with Gasteiger partial charge in [0, 0.05) is 30.9 Å². The molecule has 0 atom stereocenters. The summed E-state index contributed by atoms with van der Waals surface area (Å²) in [4.78, 5) is 12.5. The van der Waals surface area contributed by atoms with Crippen molar-refractivity contribution in [3.05, 3.63) is 52.3 Å². The third-order valence-corrected chi connectivity index (χ3v) is 9.36. The van der Waals surface area contributed by atoms with Crippen LogP contribution in [-0.2, 0) is 27.8 Å². The lowest BCUT2D eigenvalue weighted by atomic mass is 9.85. The molecule has 0 radical (unpaired) electrons. The van der Waals surface area contributed by atoms with Crippen LogP contribution in [0.2, 0.25) is 0 Å². The van der Waals surface area contributed by atoms with E-state index in [-0.39, 0.29) is 5.78 Å². The minimum absolute atomic E-state index is 0.156. The summed E-state index contributed by atoms with van der Waals surface area (Å²) in [6.07, 6.45) is 8.53. The van der Waals surface area contributed by atoms with Crippen molar-refractivity contribution in [2.75, 3.05) is 13.1 Å². The van der Waals surface area contributed by atoms with Crippen LogP contribution in [0.15, 0.2) is 29.2 Å². The van der Waals surface area contributed by atoms with E-state index in [0.29, 0.717) is 36.9 Å². The molecule has 32 heavy (non-hydrogen) atoms. The predicted molar refractivity (Wildman–Crippen MR) is 128 cm³/mol. The summed E-state index contributed by atoms with van der Waals surface area (Å²) in [5.41, 5.74) is 5.67. The fourth-order valence-electron chi connectivity index (χ4n) is 5.72. The van der Waals surface area contributed by atoms with Crippen LogP contribution < -0.4 is 0 Å². The monoisotopic (exact) mass is 456 g/mol. The van der Waals surface area contributed by atoms with E-state index in [4.69, 9.17) is 0 Å². The standard InChI is InChI=1S/C26H36N2O3S/c1-19(29)18-28-21(3)24(20(2)26(28)22-11-5-4-6-12-22)17-23-13-7-8-14-25(23)32(30,31)27-15-9-10-16-27/h7-8,13-14,22H,4-6,9-12,15-18H2,1-3H3. The first-order valence-electron chi connectivity index (χ1n) is 12.1. The molecule has 1 aromatic heterocycles. The van der Waals surface area contributed by atoms with Crippen molar-refractivity contribution < 1.29 is 13.2 Å². The first-order valence-corrected chi connectivity index (χ1v) is 13.5. The number of ketones is 1. The summed E-state index contributed by atoms with van der Waals surface area (Å²) in [6.45, 7) is 7.52. The molecule has 174 valence electrons. The first-order chi connectivity index (χ1) is 15.3. The number of sulfonamides is 1. The Morgan fingerprint density at radius 2 is 1.66 bits per heavy atom. The molecule has 6 heteroatoms. The first kappa shape index (κ1) is 23.2. The smallest absolute Gasteiger partial charge is 0.243 e. The zero-order valence-electron chi connectivity index (χ0n) is 19.7.